The number of carbonyl (C=O) groups is 1. The van der Waals surface area contributed by atoms with Gasteiger partial charge in [-0.05, 0) is 31.2 Å². The molecular formula is C18H13ClN4O2S. The lowest BCUT2D eigenvalue weighted by Crippen LogP contribution is -2.12. The number of hydrogen-bond donors (Lipinski definition) is 1. The van der Waals surface area contributed by atoms with Crippen LogP contribution in [0.5, 0.6) is 0 Å². The molecule has 0 saturated heterocycles. The molecule has 1 aromatic carbocycles. The third kappa shape index (κ3) is 3.07. The zero-order chi connectivity index (χ0) is 18.3. The fourth-order valence-corrected chi connectivity index (χ4v) is 3.57. The molecule has 6 nitrogen and oxygen atoms in total. The van der Waals surface area contributed by atoms with Gasteiger partial charge >= 0.3 is 0 Å². The van der Waals surface area contributed by atoms with Gasteiger partial charge in [-0.25, -0.2) is 15.0 Å². The first-order valence-corrected chi connectivity index (χ1v) is 9.01. The smallest absolute Gasteiger partial charge is 0.268 e. The quantitative estimate of drug-likeness (QED) is 0.545. The Labute approximate surface area is 157 Å². The molecule has 4 rings (SSSR count). The minimum Gasteiger partial charge on any atom is -0.441 e. The van der Waals surface area contributed by atoms with E-state index in [1.807, 2.05) is 12.1 Å². The van der Waals surface area contributed by atoms with E-state index in [1.165, 1.54) is 11.3 Å². The summed E-state index contributed by atoms with van der Waals surface area (Å²) in [6, 6.07) is 7.19. The van der Waals surface area contributed by atoms with Gasteiger partial charge in [-0.1, -0.05) is 11.6 Å². The number of amides is 1. The van der Waals surface area contributed by atoms with Gasteiger partial charge in [0.25, 0.3) is 5.91 Å². The van der Waals surface area contributed by atoms with E-state index in [0.29, 0.717) is 38.4 Å². The van der Waals surface area contributed by atoms with Crippen LogP contribution < -0.4 is 5.32 Å². The van der Waals surface area contributed by atoms with Gasteiger partial charge < -0.3 is 9.73 Å². The molecule has 130 valence electrons. The number of rotatable bonds is 3. The molecular weight excluding hydrogens is 372 g/mol. The number of nitrogens with zero attached hydrogens (tertiary/aromatic N) is 3. The Morgan fingerprint density at radius 3 is 2.77 bits per heavy atom. The van der Waals surface area contributed by atoms with Crippen molar-refractivity contribution in [3.63, 3.8) is 0 Å². The molecule has 3 aromatic heterocycles. The lowest BCUT2D eigenvalue weighted by molar-refractivity contribution is 0.102. The first kappa shape index (κ1) is 16.7. The second-order valence-electron chi connectivity index (χ2n) is 5.69. The van der Waals surface area contributed by atoms with Crippen LogP contribution in [0.4, 0.5) is 5.82 Å². The van der Waals surface area contributed by atoms with Gasteiger partial charge in [0.2, 0.25) is 0 Å². The van der Waals surface area contributed by atoms with Crippen LogP contribution >= 0.6 is 22.9 Å². The van der Waals surface area contributed by atoms with E-state index < -0.39 is 0 Å². The third-order valence-electron chi connectivity index (χ3n) is 3.85. The van der Waals surface area contributed by atoms with Crippen molar-refractivity contribution in [3.05, 3.63) is 57.5 Å². The van der Waals surface area contributed by atoms with Crippen LogP contribution in [0.3, 0.4) is 0 Å². The normalized spacial score (nSPS) is 11.0. The maximum absolute atomic E-state index is 12.2. The average molecular weight is 385 g/mol. The predicted molar refractivity (Wildman–Crippen MR) is 102 cm³/mol. The van der Waals surface area contributed by atoms with E-state index in [0.717, 1.165) is 11.1 Å². The van der Waals surface area contributed by atoms with Gasteiger partial charge in [0, 0.05) is 24.2 Å². The summed E-state index contributed by atoms with van der Waals surface area (Å²) >= 11 is 7.67. The number of aromatic nitrogens is 3. The molecule has 1 amide bonds. The molecule has 0 spiro atoms. The van der Waals surface area contributed by atoms with Crippen molar-refractivity contribution in [3.8, 4) is 11.1 Å². The first-order chi connectivity index (χ1) is 12.5. The maximum Gasteiger partial charge on any atom is 0.268 e. The second-order valence-corrected chi connectivity index (χ2v) is 6.95. The summed E-state index contributed by atoms with van der Waals surface area (Å²) in [5.41, 5.74) is 5.33. The Morgan fingerprint density at radius 1 is 1.23 bits per heavy atom. The van der Waals surface area contributed by atoms with Crippen molar-refractivity contribution in [2.45, 2.75) is 13.8 Å². The zero-order valence-electron chi connectivity index (χ0n) is 13.9. The number of benzene rings is 1. The lowest BCUT2D eigenvalue weighted by Gasteiger charge is -2.07. The maximum atomic E-state index is 12.2. The van der Waals surface area contributed by atoms with E-state index in [4.69, 9.17) is 16.0 Å². The SMILES string of the molecule is Cc1nc2cc(Cl)c(-c3ccc(NC(=O)c4scnc4C)nc3)cc2o1. The van der Waals surface area contributed by atoms with Crippen LogP contribution in [0.25, 0.3) is 22.2 Å². The van der Waals surface area contributed by atoms with Gasteiger partial charge in [-0.15, -0.1) is 11.3 Å². The number of fused-ring (bicyclic) bond motifs is 1. The lowest BCUT2D eigenvalue weighted by atomic mass is 10.1. The number of oxazole rings is 1. The Bertz CT molecular complexity index is 1120. The number of hydrogen-bond acceptors (Lipinski definition) is 6. The topological polar surface area (TPSA) is 80.9 Å². The van der Waals surface area contributed by atoms with Crippen LogP contribution in [-0.2, 0) is 0 Å². The molecule has 26 heavy (non-hydrogen) atoms. The van der Waals surface area contributed by atoms with Gasteiger partial charge in [-0.2, -0.15) is 0 Å². The van der Waals surface area contributed by atoms with E-state index in [9.17, 15) is 4.79 Å². The van der Waals surface area contributed by atoms with Crippen molar-refractivity contribution < 1.29 is 9.21 Å². The Kier molecular flexibility index (Phi) is 4.18. The largest absolute Gasteiger partial charge is 0.441 e. The zero-order valence-corrected chi connectivity index (χ0v) is 15.5. The number of carbonyl (C=O) groups excluding carboxylic acids is 1. The minimum absolute atomic E-state index is 0.221. The average Bonchev–Trinajstić information content (AvgIpc) is 3.19. The second kappa shape index (κ2) is 6.51. The van der Waals surface area contributed by atoms with Gasteiger partial charge in [-0.3, -0.25) is 4.79 Å². The van der Waals surface area contributed by atoms with Crippen LogP contribution in [-0.4, -0.2) is 20.9 Å². The van der Waals surface area contributed by atoms with E-state index in [1.54, 1.807) is 37.7 Å². The number of pyridine rings is 1. The van der Waals surface area contributed by atoms with Crippen LogP contribution in [0, 0.1) is 13.8 Å². The molecule has 8 heteroatoms. The Hall–Kier alpha value is -2.77. The minimum atomic E-state index is -0.221. The Morgan fingerprint density at radius 2 is 2.08 bits per heavy atom. The first-order valence-electron chi connectivity index (χ1n) is 7.76. The fourth-order valence-electron chi connectivity index (χ4n) is 2.60. The molecule has 0 atom stereocenters. The highest BCUT2D eigenvalue weighted by molar-refractivity contribution is 7.12. The van der Waals surface area contributed by atoms with Crippen molar-refractivity contribution in [2.75, 3.05) is 5.32 Å². The summed E-state index contributed by atoms with van der Waals surface area (Å²) in [5, 5.41) is 3.33. The molecule has 0 radical (unpaired) electrons. The molecule has 0 aliphatic rings. The Balaban J connectivity index is 1.61. The van der Waals surface area contributed by atoms with E-state index in [-0.39, 0.29) is 5.91 Å². The molecule has 0 fully saturated rings. The standard InChI is InChI=1S/C18H13ClN4O2S/c1-9-17(26-8-21-9)18(24)23-16-4-3-11(7-20-16)12-5-15-14(6-13(12)19)22-10(2)25-15/h3-8H,1-2H3,(H,20,23,24). The summed E-state index contributed by atoms with van der Waals surface area (Å²) < 4.78 is 5.56. The van der Waals surface area contributed by atoms with Crippen LogP contribution in [0.15, 0.2) is 40.4 Å². The van der Waals surface area contributed by atoms with Crippen LogP contribution in [0.2, 0.25) is 5.02 Å². The highest BCUT2D eigenvalue weighted by atomic mass is 35.5. The highest BCUT2D eigenvalue weighted by Gasteiger charge is 2.14. The van der Waals surface area contributed by atoms with E-state index >= 15 is 0 Å². The number of thiazole rings is 1. The summed E-state index contributed by atoms with van der Waals surface area (Å²) in [7, 11) is 0. The van der Waals surface area contributed by atoms with Gasteiger partial charge in [0.15, 0.2) is 11.5 Å². The molecule has 1 N–H and O–H groups in total. The van der Waals surface area contributed by atoms with Gasteiger partial charge in [0.05, 0.1) is 16.2 Å². The molecule has 0 aliphatic heterocycles. The van der Waals surface area contributed by atoms with Crippen molar-refractivity contribution in [2.24, 2.45) is 0 Å². The van der Waals surface area contributed by atoms with Gasteiger partial charge in [0.1, 0.15) is 16.2 Å². The van der Waals surface area contributed by atoms with Crippen molar-refractivity contribution in [1.29, 1.82) is 0 Å². The third-order valence-corrected chi connectivity index (χ3v) is 5.09. The van der Waals surface area contributed by atoms with E-state index in [2.05, 4.69) is 20.3 Å². The summed E-state index contributed by atoms with van der Waals surface area (Å²) in [5.74, 6) is 0.823. The van der Waals surface area contributed by atoms with Crippen molar-refractivity contribution in [1.82, 2.24) is 15.0 Å². The predicted octanol–water partition coefficient (Wildman–Crippen LogP) is 4.87. The summed E-state index contributed by atoms with van der Waals surface area (Å²) in [4.78, 5) is 25.5. The molecule has 0 saturated carbocycles. The molecule has 0 bridgehead atoms. The molecule has 0 aliphatic carbocycles. The number of nitrogens with one attached hydrogen (secondary N) is 1. The monoisotopic (exact) mass is 384 g/mol. The number of aryl methyl sites for hydroxylation is 2. The van der Waals surface area contributed by atoms with Crippen LogP contribution in [0.1, 0.15) is 21.3 Å². The molecule has 3 heterocycles. The highest BCUT2D eigenvalue weighted by Crippen LogP contribution is 2.32. The fraction of sp³-hybridized carbons (Fsp3) is 0.111. The van der Waals surface area contributed by atoms with Crippen molar-refractivity contribution >= 4 is 45.8 Å². The molecule has 0 unspecified atom stereocenters. The molecule has 4 aromatic rings. The number of anilines is 1. The summed E-state index contributed by atoms with van der Waals surface area (Å²) in [6.45, 7) is 3.59. The number of halogens is 1. The summed E-state index contributed by atoms with van der Waals surface area (Å²) in [6.07, 6.45) is 1.66.